The van der Waals surface area contributed by atoms with Crippen LogP contribution in [0.5, 0.6) is 0 Å². The second-order valence-electron chi connectivity index (χ2n) is 6.21. The SMILES string of the molecule is CC1(C)S[C@@H]2C(=[N+]=[N-])C(=O)N2[C@H]1C(=O)O[Si](C)(C)C. The molecule has 6 nitrogen and oxygen atoms in total. The van der Waals surface area contributed by atoms with Crippen LogP contribution in [0.25, 0.3) is 5.53 Å². The zero-order chi connectivity index (χ0) is 14.6. The summed E-state index contributed by atoms with van der Waals surface area (Å²) in [4.78, 5) is 28.7. The fraction of sp³-hybridized carbons (Fsp3) is 0.727. The summed E-state index contributed by atoms with van der Waals surface area (Å²) in [6.45, 7) is 9.57. The highest BCUT2D eigenvalue weighted by molar-refractivity contribution is 8.02. The minimum absolute atomic E-state index is 0.112. The molecule has 0 aromatic rings. The largest absolute Gasteiger partial charge is 0.518 e. The molecule has 2 saturated heterocycles. The Morgan fingerprint density at radius 2 is 2.05 bits per heavy atom. The standard InChI is InChI=1S/C11H17N3O3SSi/c1-11(2)7(10(16)17-19(3,4)5)14-8(15)6(13-12)9(14)18-11/h7,9H,1-5H3/t7-,9+/m0/s1. The summed E-state index contributed by atoms with van der Waals surface area (Å²) in [6, 6.07) is -0.618. The van der Waals surface area contributed by atoms with Gasteiger partial charge in [-0.3, -0.25) is 14.5 Å². The number of hydrogen-bond acceptors (Lipinski definition) is 4. The Labute approximate surface area is 117 Å². The summed E-state index contributed by atoms with van der Waals surface area (Å²) in [6.07, 6.45) is 0. The molecule has 2 rings (SSSR count). The molecule has 8 heteroatoms. The lowest BCUT2D eigenvalue weighted by molar-refractivity contribution is -0.152. The molecular weight excluding hydrogens is 282 g/mol. The highest BCUT2D eigenvalue weighted by Crippen LogP contribution is 2.49. The number of fused-ring (bicyclic) bond motifs is 1. The Morgan fingerprint density at radius 3 is 2.53 bits per heavy atom. The Bertz CT molecular complexity index is 508. The first-order chi connectivity index (χ1) is 8.58. The van der Waals surface area contributed by atoms with E-state index in [2.05, 4.69) is 4.79 Å². The lowest BCUT2D eigenvalue weighted by Crippen LogP contribution is -2.64. The van der Waals surface area contributed by atoms with Crippen molar-refractivity contribution in [1.82, 2.24) is 4.90 Å². The molecule has 104 valence electrons. The van der Waals surface area contributed by atoms with Gasteiger partial charge in [0.15, 0.2) is 5.37 Å². The summed E-state index contributed by atoms with van der Waals surface area (Å²) in [7, 11) is -2.00. The van der Waals surface area contributed by atoms with Crippen molar-refractivity contribution in [3.8, 4) is 0 Å². The number of β-lactam (4-membered cyclic amide) rings is 1. The third-order valence-corrected chi connectivity index (χ3v) is 5.35. The van der Waals surface area contributed by atoms with Gasteiger partial charge in [0.25, 0.3) is 0 Å². The summed E-state index contributed by atoms with van der Waals surface area (Å²) in [5.41, 5.74) is 8.92. The highest BCUT2D eigenvalue weighted by atomic mass is 32.2. The maximum absolute atomic E-state index is 12.3. The molecule has 0 radical (unpaired) electrons. The predicted octanol–water partition coefficient (Wildman–Crippen LogP) is 1.10. The van der Waals surface area contributed by atoms with Gasteiger partial charge in [-0.2, -0.15) is 4.79 Å². The van der Waals surface area contributed by atoms with Crippen LogP contribution >= 0.6 is 11.8 Å². The maximum Gasteiger partial charge on any atom is 0.388 e. The first-order valence-electron chi connectivity index (χ1n) is 6.04. The Hall–Kier alpha value is -1.11. The van der Waals surface area contributed by atoms with E-state index in [1.165, 1.54) is 16.7 Å². The molecule has 0 bridgehead atoms. The monoisotopic (exact) mass is 299 g/mol. The second-order valence-corrected chi connectivity index (χ2v) is 12.4. The van der Waals surface area contributed by atoms with Gasteiger partial charge in [-0.15, -0.1) is 11.8 Å². The van der Waals surface area contributed by atoms with Gasteiger partial charge in [-0.25, -0.2) is 0 Å². The van der Waals surface area contributed by atoms with Gasteiger partial charge in [0.05, 0.1) is 0 Å². The van der Waals surface area contributed by atoms with E-state index in [1.54, 1.807) is 0 Å². The molecule has 1 amide bonds. The molecule has 19 heavy (non-hydrogen) atoms. The zero-order valence-electron chi connectivity index (χ0n) is 11.6. The van der Waals surface area contributed by atoms with Crippen LogP contribution in [-0.4, -0.2) is 51.8 Å². The second kappa shape index (κ2) is 4.19. The normalized spacial score (nSPS) is 28.6. The van der Waals surface area contributed by atoms with Crippen LogP contribution in [-0.2, 0) is 14.0 Å². The number of nitrogens with zero attached hydrogens (tertiary/aromatic N) is 3. The number of thioether (sulfide) groups is 1. The third kappa shape index (κ3) is 2.24. The van der Waals surface area contributed by atoms with E-state index < -0.39 is 19.1 Å². The third-order valence-electron chi connectivity index (χ3n) is 3.03. The van der Waals surface area contributed by atoms with E-state index >= 15 is 0 Å². The summed E-state index contributed by atoms with van der Waals surface area (Å²) in [5.74, 6) is -0.743. The molecule has 0 unspecified atom stereocenters. The number of carbonyl (C=O) groups is 2. The molecule has 0 spiro atoms. The van der Waals surface area contributed by atoms with Crippen LogP contribution < -0.4 is 0 Å². The summed E-state index contributed by atoms with van der Waals surface area (Å²) in [5, 5.41) is -0.341. The Balaban J connectivity index is 2.28. The topological polar surface area (TPSA) is 83.0 Å². The van der Waals surface area contributed by atoms with Crippen molar-refractivity contribution in [3.63, 3.8) is 0 Å². The van der Waals surface area contributed by atoms with Gasteiger partial charge in [0, 0.05) is 4.75 Å². The van der Waals surface area contributed by atoms with E-state index in [4.69, 9.17) is 9.96 Å². The molecule has 0 N–H and O–H groups in total. The Kier molecular flexibility index (Phi) is 3.15. The maximum atomic E-state index is 12.3. The Morgan fingerprint density at radius 1 is 1.47 bits per heavy atom. The molecule has 2 aliphatic rings. The summed E-state index contributed by atoms with van der Waals surface area (Å²) >= 11 is 1.45. The number of carbonyl (C=O) groups excluding carboxylic acids is 2. The first kappa shape index (κ1) is 14.3. The molecule has 2 aliphatic heterocycles. The van der Waals surface area contributed by atoms with Gasteiger partial charge < -0.3 is 9.96 Å². The van der Waals surface area contributed by atoms with Crippen molar-refractivity contribution >= 4 is 37.7 Å². The smallest absolute Gasteiger partial charge is 0.388 e. The molecular formula is C11H17N3O3SSi. The fourth-order valence-corrected chi connectivity index (χ4v) is 4.53. The van der Waals surface area contributed by atoms with Crippen molar-refractivity contribution in [3.05, 3.63) is 5.53 Å². The molecule has 2 atom stereocenters. The number of rotatable bonds is 2. The van der Waals surface area contributed by atoms with Crippen LogP contribution in [0.3, 0.4) is 0 Å². The van der Waals surface area contributed by atoms with Crippen molar-refractivity contribution < 1.29 is 18.8 Å². The summed E-state index contributed by atoms with van der Waals surface area (Å²) < 4.78 is 5.06. The van der Waals surface area contributed by atoms with Crippen LogP contribution in [0.1, 0.15) is 13.8 Å². The number of amides is 1. The van der Waals surface area contributed by atoms with Crippen LogP contribution in [0.15, 0.2) is 0 Å². The molecule has 2 heterocycles. The minimum Gasteiger partial charge on any atom is -0.518 e. The van der Waals surface area contributed by atoms with Crippen LogP contribution in [0, 0.1) is 0 Å². The van der Waals surface area contributed by atoms with Gasteiger partial charge in [-0.05, 0) is 33.5 Å². The van der Waals surface area contributed by atoms with E-state index in [1.807, 2.05) is 33.5 Å². The van der Waals surface area contributed by atoms with Crippen LogP contribution in [0.4, 0.5) is 0 Å². The first-order valence-corrected chi connectivity index (χ1v) is 10.3. The highest BCUT2D eigenvalue weighted by Gasteiger charge is 2.67. The van der Waals surface area contributed by atoms with E-state index in [9.17, 15) is 9.59 Å². The van der Waals surface area contributed by atoms with Crippen molar-refractivity contribution in [2.24, 2.45) is 0 Å². The van der Waals surface area contributed by atoms with E-state index in [0.717, 1.165) is 0 Å². The quantitative estimate of drug-likeness (QED) is 0.331. The van der Waals surface area contributed by atoms with Crippen molar-refractivity contribution in [1.29, 1.82) is 0 Å². The minimum atomic E-state index is -2.00. The predicted molar refractivity (Wildman–Crippen MR) is 74.2 cm³/mol. The van der Waals surface area contributed by atoms with Gasteiger partial charge >= 0.3 is 17.6 Å². The zero-order valence-corrected chi connectivity index (χ0v) is 13.4. The fourth-order valence-electron chi connectivity index (χ4n) is 2.31. The number of hydrogen-bond donors (Lipinski definition) is 0. The molecule has 0 saturated carbocycles. The van der Waals surface area contributed by atoms with Gasteiger partial charge in [0.1, 0.15) is 6.04 Å². The van der Waals surface area contributed by atoms with Crippen LogP contribution in [0.2, 0.25) is 19.6 Å². The average Bonchev–Trinajstić information content (AvgIpc) is 2.45. The van der Waals surface area contributed by atoms with Crippen molar-refractivity contribution in [2.45, 2.75) is 49.7 Å². The van der Waals surface area contributed by atoms with Gasteiger partial charge in [0.2, 0.25) is 8.32 Å². The lowest BCUT2D eigenvalue weighted by atomic mass is 9.98. The molecule has 0 aromatic heterocycles. The van der Waals surface area contributed by atoms with Crippen molar-refractivity contribution in [2.75, 3.05) is 0 Å². The molecule has 0 aromatic carbocycles. The van der Waals surface area contributed by atoms with E-state index in [-0.39, 0.29) is 23.0 Å². The lowest BCUT2D eigenvalue weighted by Gasteiger charge is -2.35. The van der Waals surface area contributed by atoms with E-state index in [0.29, 0.717) is 0 Å². The molecule has 2 fully saturated rings. The average molecular weight is 299 g/mol. The molecule has 0 aliphatic carbocycles. The van der Waals surface area contributed by atoms with Gasteiger partial charge in [-0.1, -0.05) is 0 Å².